The van der Waals surface area contributed by atoms with E-state index in [0.29, 0.717) is 38.6 Å². The van der Waals surface area contributed by atoms with Gasteiger partial charge in [-0.05, 0) is 56.8 Å². The lowest BCUT2D eigenvalue weighted by Gasteiger charge is -2.09. The van der Waals surface area contributed by atoms with E-state index in [2.05, 4.69) is 4.98 Å². The van der Waals surface area contributed by atoms with Crippen LogP contribution >= 0.6 is 0 Å². The zero-order chi connectivity index (χ0) is 28.9. The van der Waals surface area contributed by atoms with Crippen LogP contribution in [0, 0.1) is 27.5 Å². The predicted octanol–water partition coefficient (Wildman–Crippen LogP) is 6.61. The van der Waals surface area contributed by atoms with Crippen LogP contribution in [0.25, 0.3) is 55.3 Å². The Morgan fingerprint density at radius 1 is 0.903 bits per heavy atom. The summed E-state index contributed by atoms with van der Waals surface area (Å²) in [5, 5.41) is 2.09. The van der Waals surface area contributed by atoms with Crippen LogP contribution in [0.5, 0.6) is 0 Å². The highest BCUT2D eigenvalue weighted by atomic mass is 16.3. The number of pyridine rings is 2. The third kappa shape index (κ3) is 2.42. The minimum absolute atomic E-state index is 0.162. The number of aromatic nitrogens is 2. The molecule has 0 aliphatic carbocycles. The number of hydrogen-bond donors (Lipinski definition) is 0. The van der Waals surface area contributed by atoms with Crippen molar-refractivity contribution < 1.29 is 25.7 Å². The van der Waals surface area contributed by atoms with Crippen molar-refractivity contribution in [2.75, 3.05) is 0 Å². The fraction of sp³-hybridized carbons (Fsp3) is 0.185. The Kier molecular flexibility index (Phi) is 2.21. The summed E-state index contributed by atoms with van der Waals surface area (Å²) in [6.07, 6.45) is 1.26. The van der Waals surface area contributed by atoms with Gasteiger partial charge in [0, 0.05) is 40.4 Å². The number of rotatable bonds is 1. The zero-order valence-electron chi connectivity index (χ0n) is 25.8. The molecule has 4 nitrogen and oxygen atoms in total. The van der Waals surface area contributed by atoms with E-state index in [9.17, 15) is 0 Å². The third-order valence-electron chi connectivity index (χ3n) is 5.88. The average molecular weight is 417 g/mol. The van der Waals surface area contributed by atoms with Gasteiger partial charge in [-0.25, -0.2) is 9.55 Å². The maximum Gasteiger partial charge on any atom is 0.216 e. The monoisotopic (exact) mass is 416 g/mol. The van der Waals surface area contributed by atoms with Gasteiger partial charge in [0.15, 0.2) is 11.8 Å². The van der Waals surface area contributed by atoms with Crippen LogP contribution in [0.15, 0.2) is 57.5 Å². The van der Waals surface area contributed by atoms with Gasteiger partial charge >= 0.3 is 0 Å². The molecular formula is C27H23N2O2+. The molecule has 2 aromatic carbocycles. The van der Waals surface area contributed by atoms with Crippen molar-refractivity contribution in [1.29, 1.82) is 0 Å². The molecule has 0 unspecified atom stereocenters. The van der Waals surface area contributed by atoms with Gasteiger partial charge in [0.1, 0.15) is 29.3 Å². The van der Waals surface area contributed by atoms with Crippen LogP contribution in [-0.4, -0.2) is 4.98 Å². The van der Waals surface area contributed by atoms with Crippen molar-refractivity contribution in [2.24, 2.45) is 7.05 Å². The number of benzene rings is 2. The highest BCUT2D eigenvalue weighted by molar-refractivity contribution is 6.22. The molecule has 4 heterocycles. The summed E-state index contributed by atoms with van der Waals surface area (Å²) < 4.78 is 86.4. The van der Waals surface area contributed by atoms with Gasteiger partial charge in [-0.1, -0.05) is 18.2 Å². The molecule has 0 amide bonds. The van der Waals surface area contributed by atoms with E-state index in [1.54, 1.807) is 26.1 Å². The van der Waals surface area contributed by atoms with Crippen LogP contribution in [0.1, 0.15) is 34.7 Å². The summed E-state index contributed by atoms with van der Waals surface area (Å²) in [5.41, 5.74) is 2.29. The van der Waals surface area contributed by atoms with Crippen LogP contribution in [-0.2, 0) is 7.05 Å². The lowest BCUT2D eigenvalue weighted by Crippen LogP contribution is -2.31. The quantitative estimate of drug-likeness (QED) is 0.283. The number of aryl methyl sites for hydroxylation is 4. The van der Waals surface area contributed by atoms with Gasteiger partial charge in [-0.2, -0.15) is 0 Å². The first-order valence-corrected chi connectivity index (χ1v) is 9.80. The van der Waals surface area contributed by atoms with Crippen molar-refractivity contribution in [1.82, 2.24) is 4.98 Å². The van der Waals surface area contributed by atoms with E-state index in [0.717, 1.165) is 5.39 Å². The lowest BCUT2D eigenvalue weighted by molar-refractivity contribution is -0.660. The van der Waals surface area contributed by atoms with Gasteiger partial charge in [-0.3, -0.25) is 0 Å². The Morgan fingerprint density at radius 2 is 1.77 bits per heavy atom. The van der Waals surface area contributed by atoms with E-state index in [1.807, 2.05) is 24.3 Å². The molecule has 0 saturated carbocycles. The molecule has 0 radical (unpaired) electrons. The van der Waals surface area contributed by atoms with E-state index in [1.165, 1.54) is 16.8 Å². The second-order valence-corrected chi connectivity index (χ2v) is 7.75. The van der Waals surface area contributed by atoms with Crippen LogP contribution in [0.4, 0.5) is 0 Å². The van der Waals surface area contributed by atoms with E-state index >= 15 is 0 Å². The summed E-state index contributed by atoms with van der Waals surface area (Å²) in [6, 6.07) is 12.3. The number of nitrogens with zero attached hydrogens (tertiary/aromatic N) is 2. The first kappa shape index (κ1) is 11.1. The normalized spacial score (nSPS) is 17.5. The Labute approximate surface area is 192 Å². The average Bonchev–Trinajstić information content (AvgIpc) is 3.39. The molecule has 0 spiro atoms. The molecule has 4 aromatic heterocycles. The molecule has 6 rings (SSSR count). The van der Waals surface area contributed by atoms with Crippen molar-refractivity contribution in [3.05, 3.63) is 71.0 Å². The van der Waals surface area contributed by atoms with Gasteiger partial charge in [-0.15, -0.1) is 0 Å². The molecule has 152 valence electrons. The number of hydrogen-bond acceptors (Lipinski definition) is 3. The largest absolute Gasteiger partial charge is 0.456 e. The first-order chi connectivity index (χ1) is 18.6. The SMILES string of the molecule is [2H]C([2H])([2H])c1cc(-c2c(C)c(C([2H])([2H])[2H])nc3c2oc2c3ccc3oc4ccccc4c32)[n+](C)cc1C([2H])([2H])[2H]. The fourth-order valence-corrected chi connectivity index (χ4v) is 4.32. The van der Waals surface area contributed by atoms with Crippen molar-refractivity contribution in [2.45, 2.75) is 27.5 Å². The number of para-hydroxylation sites is 1. The summed E-state index contributed by atoms with van der Waals surface area (Å²) in [5.74, 6) is 0. The van der Waals surface area contributed by atoms with Crippen LogP contribution < -0.4 is 4.57 Å². The summed E-state index contributed by atoms with van der Waals surface area (Å²) >= 11 is 0. The van der Waals surface area contributed by atoms with Gasteiger partial charge in [0.2, 0.25) is 5.69 Å². The molecule has 0 N–H and O–H groups in total. The van der Waals surface area contributed by atoms with E-state index in [-0.39, 0.29) is 33.7 Å². The second kappa shape index (κ2) is 6.17. The lowest BCUT2D eigenvalue weighted by atomic mass is 10.00. The van der Waals surface area contributed by atoms with Gasteiger partial charge in [0.05, 0.1) is 10.9 Å². The molecule has 0 atom stereocenters. The second-order valence-electron chi connectivity index (χ2n) is 7.75. The van der Waals surface area contributed by atoms with Crippen molar-refractivity contribution in [3.63, 3.8) is 0 Å². The molecule has 0 aliphatic rings. The maximum atomic E-state index is 8.19. The minimum atomic E-state index is -2.74. The minimum Gasteiger partial charge on any atom is -0.456 e. The molecule has 4 heteroatoms. The molecule has 0 aliphatic heterocycles. The Hall–Kier alpha value is -3.66. The highest BCUT2D eigenvalue weighted by Gasteiger charge is 2.25. The molecular weight excluding hydrogens is 384 g/mol. The predicted molar refractivity (Wildman–Crippen MR) is 124 cm³/mol. The molecule has 0 bridgehead atoms. The fourth-order valence-electron chi connectivity index (χ4n) is 4.32. The van der Waals surface area contributed by atoms with Crippen molar-refractivity contribution in [3.8, 4) is 11.3 Å². The maximum absolute atomic E-state index is 8.19. The Morgan fingerprint density at radius 3 is 2.61 bits per heavy atom. The third-order valence-corrected chi connectivity index (χ3v) is 5.88. The first-order valence-electron chi connectivity index (χ1n) is 14.3. The standard InChI is InChI=1S/C27H23N2O2/c1-14-12-20(29(5)13-15(14)2)23-16(3)17(4)28-25-19-10-11-22-24(26(19)31-27(23)25)18-8-6-7-9-21(18)30-22/h6-13H,1-5H3/q+1/i1D3,2D3,4D3. The molecule has 0 saturated heterocycles. The Balaban J connectivity index is 1.80. The van der Waals surface area contributed by atoms with Gasteiger partial charge < -0.3 is 8.83 Å². The van der Waals surface area contributed by atoms with Crippen LogP contribution in [0.2, 0.25) is 0 Å². The smallest absolute Gasteiger partial charge is 0.216 e. The van der Waals surface area contributed by atoms with Gasteiger partial charge in [0.25, 0.3) is 0 Å². The van der Waals surface area contributed by atoms with Crippen molar-refractivity contribution >= 4 is 44.0 Å². The molecule has 0 fully saturated rings. The van der Waals surface area contributed by atoms with E-state index in [4.69, 9.17) is 21.2 Å². The van der Waals surface area contributed by atoms with Crippen LogP contribution in [0.3, 0.4) is 0 Å². The summed E-state index contributed by atoms with van der Waals surface area (Å²) in [7, 11) is 1.58. The molecule has 6 aromatic rings. The highest BCUT2D eigenvalue weighted by Crippen LogP contribution is 2.42. The van der Waals surface area contributed by atoms with E-state index < -0.39 is 20.6 Å². The Bertz CT molecular complexity index is 1990. The topological polar surface area (TPSA) is 43.1 Å². The summed E-state index contributed by atoms with van der Waals surface area (Å²) in [4.78, 5) is 4.55. The molecule has 31 heavy (non-hydrogen) atoms. The number of fused-ring (bicyclic) bond motifs is 7. The summed E-state index contributed by atoms with van der Waals surface area (Å²) in [6.45, 7) is -6.42. The number of furan rings is 2. The zero-order valence-corrected chi connectivity index (χ0v) is 16.8.